The molecule has 0 aliphatic rings. The Hall–Kier alpha value is -2.30. The lowest BCUT2D eigenvalue weighted by Gasteiger charge is -2.13. The van der Waals surface area contributed by atoms with E-state index in [0.29, 0.717) is 21.4 Å². The molecule has 3 aromatic rings. The van der Waals surface area contributed by atoms with E-state index in [-0.39, 0.29) is 6.61 Å². The molecule has 0 unspecified atom stereocenters. The van der Waals surface area contributed by atoms with Crippen LogP contribution in [-0.2, 0) is 6.61 Å². The number of benzene rings is 1. The van der Waals surface area contributed by atoms with Crippen molar-refractivity contribution >= 4 is 39.8 Å². The molecule has 2 aromatic heterocycles. The number of rotatable bonds is 5. The first-order chi connectivity index (χ1) is 12.1. The molecule has 0 fully saturated rings. The normalized spacial score (nSPS) is 11.2. The summed E-state index contributed by atoms with van der Waals surface area (Å²) in [5, 5.41) is 5.21. The van der Waals surface area contributed by atoms with Crippen LogP contribution in [0.1, 0.15) is 18.2 Å². The first-order valence-corrected chi connectivity index (χ1v) is 8.54. The van der Waals surface area contributed by atoms with Crippen LogP contribution in [0.4, 0.5) is 5.69 Å². The zero-order valence-corrected chi connectivity index (χ0v) is 15.4. The van der Waals surface area contributed by atoms with E-state index < -0.39 is 0 Å². The Kier molecular flexibility index (Phi) is 5.41. The smallest absolute Gasteiger partial charge is 0.146 e. The molecule has 2 heterocycles. The Morgan fingerprint density at radius 3 is 2.68 bits per heavy atom. The molecule has 6 heteroatoms. The van der Waals surface area contributed by atoms with Crippen LogP contribution >= 0.6 is 23.2 Å². The van der Waals surface area contributed by atoms with Crippen LogP contribution in [0.5, 0.6) is 5.75 Å². The highest BCUT2D eigenvalue weighted by atomic mass is 35.5. The molecule has 0 saturated heterocycles. The van der Waals surface area contributed by atoms with Gasteiger partial charge >= 0.3 is 0 Å². The highest BCUT2D eigenvalue weighted by Crippen LogP contribution is 2.32. The average molecular weight is 374 g/mol. The van der Waals surface area contributed by atoms with E-state index in [1.165, 1.54) is 0 Å². The molecule has 3 rings (SSSR count). The fourth-order valence-corrected chi connectivity index (χ4v) is 2.96. The zero-order chi connectivity index (χ0) is 17.8. The third-order valence-corrected chi connectivity index (χ3v) is 4.31. The lowest BCUT2D eigenvalue weighted by atomic mass is 10.1. The second kappa shape index (κ2) is 7.72. The lowest BCUT2D eigenvalue weighted by molar-refractivity contribution is 0.309. The first-order valence-electron chi connectivity index (χ1n) is 7.79. The fourth-order valence-electron chi connectivity index (χ4n) is 2.49. The quantitative estimate of drug-likeness (QED) is 0.616. The Morgan fingerprint density at radius 2 is 1.96 bits per heavy atom. The summed E-state index contributed by atoms with van der Waals surface area (Å²) < 4.78 is 5.98. The number of anilines is 1. The molecule has 0 spiro atoms. The van der Waals surface area contributed by atoms with Crippen molar-refractivity contribution in [3.63, 3.8) is 0 Å². The van der Waals surface area contributed by atoms with Crippen LogP contribution in [0.2, 0.25) is 10.0 Å². The molecule has 0 saturated carbocycles. The van der Waals surface area contributed by atoms with E-state index in [4.69, 9.17) is 27.9 Å². The number of nitrogens with one attached hydrogen (secondary N) is 1. The van der Waals surface area contributed by atoms with E-state index in [1.807, 2.05) is 50.4 Å². The van der Waals surface area contributed by atoms with Crippen LogP contribution < -0.4 is 10.1 Å². The van der Waals surface area contributed by atoms with Gasteiger partial charge in [0.15, 0.2) is 0 Å². The molecule has 0 radical (unpaired) electrons. The molecule has 0 aliphatic heterocycles. The number of hydrogen-bond acceptors (Lipinski definition) is 4. The van der Waals surface area contributed by atoms with Gasteiger partial charge in [0, 0.05) is 34.7 Å². The van der Waals surface area contributed by atoms with Gasteiger partial charge in [0.2, 0.25) is 0 Å². The van der Waals surface area contributed by atoms with Crippen LogP contribution in [0.3, 0.4) is 0 Å². The topological polar surface area (TPSA) is 47.0 Å². The summed E-state index contributed by atoms with van der Waals surface area (Å²) in [4.78, 5) is 8.59. The predicted molar refractivity (Wildman–Crippen MR) is 104 cm³/mol. The van der Waals surface area contributed by atoms with Gasteiger partial charge in [-0.1, -0.05) is 41.4 Å². The lowest BCUT2D eigenvalue weighted by Crippen LogP contribution is -2.00. The second-order valence-corrected chi connectivity index (χ2v) is 6.29. The third kappa shape index (κ3) is 3.86. The van der Waals surface area contributed by atoms with Gasteiger partial charge in [-0.2, -0.15) is 0 Å². The van der Waals surface area contributed by atoms with Crippen LogP contribution in [0.15, 0.2) is 48.9 Å². The summed E-state index contributed by atoms with van der Waals surface area (Å²) in [6.45, 7) is 4.15. The van der Waals surface area contributed by atoms with Gasteiger partial charge in [-0.05, 0) is 32.2 Å². The summed E-state index contributed by atoms with van der Waals surface area (Å²) in [7, 11) is 0. The molecule has 0 atom stereocenters. The summed E-state index contributed by atoms with van der Waals surface area (Å²) >= 11 is 12.3. The number of aryl methyl sites for hydroxylation is 1. The molecule has 0 aliphatic carbocycles. The summed E-state index contributed by atoms with van der Waals surface area (Å²) in [5.74, 6) is 0.675. The Balaban J connectivity index is 1.98. The van der Waals surface area contributed by atoms with Gasteiger partial charge in [-0.25, -0.2) is 4.98 Å². The van der Waals surface area contributed by atoms with Gasteiger partial charge in [0.25, 0.3) is 0 Å². The van der Waals surface area contributed by atoms with Gasteiger partial charge in [-0.3, -0.25) is 4.98 Å². The Morgan fingerprint density at radius 1 is 1.20 bits per heavy atom. The molecule has 1 aromatic carbocycles. The molecular formula is C19H17Cl2N3O. The van der Waals surface area contributed by atoms with Gasteiger partial charge in [-0.15, -0.1) is 0 Å². The number of aromatic nitrogens is 2. The first kappa shape index (κ1) is 17.5. The van der Waals surface area contributed by atoms with E-state index in [2.05, 4.69) is 15.3 Å². The van der Waals surface area contributed by atoms with Crippen molar-refractivity contribution in [2.75, 3.05) is 5.32 Å². The molecule has 1 N–H and O–H groups in total. The number of allylic oxidation sites excluding steroid dienone is 1. The van der Waals surface area contributed by atoms with Gasteiger partial charge in [0.05, 0.1) is 10.0 Å². The molecule has 0 bridgehead atoms. The maximum absolute atomic E-state index is 6.16. The van der Waals surface area contributed by atoms with Crippen molar-refractivity contribution in [3.8, 4) is 5.75 Å². The van der Waals surface area contributed by atoms with Crippen molar-refractivity contribution in [2.45, 2.75) is 20.5 Å². The number of hydrogen-bond donors (Lipinski definition) is 1. The van der Waals surface area contributed by atoms with Crippen LogP contribution in [0, 0.1) is 6.92 Å². The Labute approximate surface area is 156 Å². The fraction of sp³-hybridized carbons (Fsp3) is 0.158. The molecular weight excluding hydrogens is 357 g/mol. The SMILES string of the molecule is C/C=C\Nc1cc(C)nc2c(OCc3c(Cl)cncc3Cl)cccc12. The zero-order valence-electron chi connectivity index (χ0n) is 13.9. The highest BCUT2D eigenvalue weighted by molar-refractivity contribution is 6.35. The minimum absolute atomic E-state index is 0.243. The predicted octanol–water partition coefficient (Wildman–Crippen LogP) is 5.77. The summed E-state index contributed by atoms with van der Waals surface area (Å²) in [6, 6.07) is 7.83. The standard InChI is InChI=1S/C19H17Cl2N3O/c1-3-7-23-17-8-12(2)24-19-13(17)5-4-6-18(19)25-11-14-15(20)9-22-10-16(14)21/h3-10H,11H2,1-2H3,(H,23,24)/b7-3-. The molecule has 0 amide bonds. The van der Waals surface area contributed by atoms with Crippen molar-refractivity contribution < 1.29 is 4.74 Å². The van der Waals surface area contributed by atoms with Crippen molar-refractivity contribution in [3.05, 3.63) is 70.2 Å². The van der Waals surface area contributed by atoms with Crippen molar-refractivity contribution in [2.24, 2.45) is 0 Å². The maximum Gasteiger partial charge on any atom is 0.146 e. The molecule has 4 nitrogen and oxygen atoms in total. The Bertz CT molecular complexity index is 921. The van der Waals surface area contributed by atoms with Crippen LogP contribution in [-0.4, -0.2) is 9.97 Å². The van der Waals surface area contributed by atoms with Crippen molar-refractivity contribution in [1.29, 1.82) is 0 Å². The van der Waals surface area contributed by atoms with Crippen molar-refractivity contribution in [1.82, 2.24) is 9.97 Å². The minimum Gasteiger partial charge on any atom is -0.487 e. The van der Waals surface area contributed by atoms with Crippen LogP contribution in [0.25, 0.3) is 10.9 Å². The molecule has 25 heavy (non-hydrogen) atoms. The monoisotopic (exact) mass is 373 g/mol. The number of pyridine rings is 2. The van der Waals surface area contributed by atoms with E-state index in [9.17, 15) is 0 Å². The maximum atomic E-state index is 6.16. The third-order valence-electron chi connectivity index (χ3n) is 3.66. The molecule has 128 valence electrons. The summed E-state index contributed by atoms with van der Waals surface area (Å²) in [5.41, 5.74) is 3.37. The average Bonchev–Trinajstić information content (AvgIpc) is 2.59. The van der Waals surface area contributed by atoms with E-state index >= 15 is 0 Å². The number of halogens is 2. The van der Waals surface area contributed by atoms with Gasteiger partial charge in [0.1, 0.15) is 17.9 Å². The van der Waals surface area contributed by atoms with E-state index in [0.717, 1.165) is 22.3 Å². The highest BCUT2D eigenvalue weighted by Gasteiger charge is 2.11. The second-order valence-electron chi connectivity index (χ2n) is 5.48. The van der Waals surface area contributed by atoms with Gasteiger partial charge < -0.3 is 10.1 Å². The van der Waals surface area contributed by atoms with E-state index in [1.54, 1.807) is 12.4 Å². The number of fused-ring (bicyclic) bond motifs is 1. The summed E-state index contributed by atoms with van der Waals surface area (Å²) in [6.07, 6.45) is 6.93. The number of nitrogens with zero attached hydrogens (tertiary/aromatic N) is 2. The minimum atomic E-state index is 0.243. The number of para-hydroxylation sites is 1. The largest absolute Gasteiger partial charge is 0.487 e. The number of ether oxygens (including phenoxy) is 1.